The number of amides is 1. The predicted octanol–water partition coefficient (Wildman–Crippen LogP) is 3.73. The SMILES string of the molecule is COc1ccc2cc(CN(C)C(=O)COC(=O)Cc3ccccc3F)ccc2c1. The lowest BCUT2D eigenvalue weighted by atomic mass is 10.1. The van der Waals surface area contributed by atoms with Gasteiger partial charge in [0.05, 0.1) is 13.5 Å². The van der Waals surface area contributed by atoms with E-state index in [-0.39, 0.29) is 24.5 Å². The monoisotopic (exact) mass is 395 g/mol. The summed E-state index contributed by atoms with van der Waals surface area (Å²) >= 11 is 0. The number of halogens is 1. The number of rotatable bonds is 7. The van der Waals surface area contributed by atoms with Crippen molar-refractivity contribution in [3.8, 4) is 5.75 Å². The molecule has 0 N–H and O–H groups in total. The van der Waals surface area contributed by atoms with Crippen molar-refractivity contribution in [1.29, 1.82) is 0 Å². The van der Waals surface area contributed by atoms with Crippen molar-refractivity contribution < 1.29 is 23.5 Å². The van der Waals surface area contributed by atoms with Crippen molar-refractivity contribution in [3.63, 3.8) is 0 Å². The van der Waals surface area contributed by atoms with Crippen molar-refractivity contribution in [2.75, 3.05) is 20.8 Å². The molecule has 0 saturated carbocycles. The summed E-state index contributed by atoms with van der Waals surface area (Å²) in [5.41, 5.74) is 1.20. The minimum absolute atomic E-state index is 0.211. The highest BCUT2D eigenvalue weighted by Crippen LogP contribution is 2.22. The zero-order valence-electron chi connectivity index (χ0n) is 16.4. The molecule has 0 bridgehead atoms. The van der Waals surface area contributed by atoms with Gasteiger partial charge in [0.1, 0.15) is 11.6 Å². The van der Waals surface area contributed by atoms with Crippen LogP contribution in [0.1, 0.15) is 11.1 Å². The molecular weight excluding hydrogens is 373 g/mol. The number of likely N-dealkylation sites (N-methyl/N-ethyl adjacent to an activating group) is 1. The van der Waals surface area contributed by atoms with E-state index >= 15 is 0 Å². The van der Waals surface area contributed by atoms with Crippen LogP contribution in [0.25, 0.3) is 10.8 Å². The average molecular weight is 395 g/mol. The van der Waals surface area contributed by atoms with Crippen LogP contribution in [0.3, 0.4) is 0 Å². The Kier molecular flexibility index (Phi) is 6.44. The van der Waals surface area contributed by atoms with E-state index in [0.717, 1.165) is 22.1 Å². The Morgan fingerprint density at radius 3 is 2.48 bits per heavy atom. The summed E-state index contributed by atoms with van der Waals surface area (Å²) < 4.78 is 23.8. The number of hydrogen-bond acceptors (Lipinski definition) is 4. The van der Waals surface area contributed by atoms with Crippen molar-refractivity contribution in [2.45, 2.75) is 13.0 Å². The molecule has 3 aromatic rings. The Bertz CT molecular complexity index is 1030. The van der Waals surface area contributed by atoms with E-state index in [0.29, 0.717) is 6.54 Å². The van der Waals surface area contributed by atoms with E-state index in [2.05, 4.69) is 0 Å². The van der Waals surface area contributed by atoms with Crippen molar-refractivity contribution in [3.05, 3.63) is 77.6 Å². The quantitative estimate of drug-likeness (QED) is 0.572. The molecule has 0 aliphatic carbocycles. The molecule has 0 atom stereocenters. The van der Waals surface area contributed by atoms with Gasteiger partial charge in [-0.15, -0.1) is 0 Å². The van der Waals surface area contributed by atoms with Gasteiger partial charge in [-0.2, -0.15) is 0 Å². The number of benzene rings is 3. The summed E-state index contributed by atoms with van der Waals surface area (Å²) in [6.07, 6.45) is -0.211. The Hall–Kier alpha value is -3.41. The van der Waals surface area contributed by atoms with Crippen LogP contribution in [-0.2, 0) is 27.3 Å². The summed E-state index contributed by atoms with van der Waals surface area (Å²) in [5, 5.41) is 2.09. The molecule has 29 heavy (non-hydrogen) atoms. The van der Waals surface area contributed by atoms with Crippen LogP contribution in [0.15, 0.2) is 60.7 Å². The molecule has 0 aliphatic rings. The second kappa shape index (κ2) is 9.19. The lowest BCUT2D eigenvalue weighted by Gasteiger charge is -2.17. The van der Waals surface area contributed by atoms with Crippen LogP contribution in [0, 0.1) is 5.82 Å². The van der Waals surface area contributed by atoms with Crippen molar-refractivity contribution in [1.82, 2.24) is 4.90 Å². The molecule has 0 unspecified atom stereocenters. The topological polar surface area (TPSA) is 55.8 Å². The van der Waals surface area contributed by atoms with Crippen LogP contribution in [0.5, 0.6) is 5.75 Å². The molecule has 3 rings (SSSR count). The summed E-state index contributed by atoms with van der Waals surface area (Å²) in [6, 6.07) is 17.7. The molecule has 0 saturated heterocycles. The van der Waals surface area contributed by atoms with Crippen LogP contribution in [-0.4, -0.2) is 37.5 Å². The zero-order chi connectivity index (χ0) is 20.8. The maximum atomic E-state index is 13.6. The number of nitrogens with zero attached hydrogens (tertiary/aromatic N) is 1. The number of fused-ring (bicyclic) bond motifs is 1. The van der Waals surface area contributed by atoms with Gasteiger partial charge < -0.3 is 14.4 Å². The molecule has 0 aliphatic heterocycles. The number of esters is 1. The first-order valence-electron chi connectivity index (χ1n) is 9.16. The molecule has 5 nitrogen and oxygen atoms in total. The van der Waals surface area contributed by atoms with Gasteiger partial charge in [0.25, 0.3) is 5.91 Å². The highest BCUT2D eigenvalue weighted by Gasteiger charge is 2.14. The molecule has 3 aromatic carbocycles. The Morgan fingerprint density at radius 2 is 1.72 bits per heavy atom. The maximum absolute atomic E-state index is 13.6. The molecule has 0 spiro atoms. The third-order valence-corrected chi connectivity index (χ3v) is 4.61. The van der Waals surface area contributed by atoms with E-state index in [4.69, 9.17) is 9.47 Å². The second-order valence-corrected chi connectivity index (χ2v) is 6.73. The number of carbonyl (C=O) groups is 2. The molecule has 0 heterocycles. The molecule has 0 radical (unpaired) electrons. The van der Waals surface area contributed by atoms with Crippen LogP contribution >= 0.6 is 0 Å². The number of hydrogen-bond donors (Lipinski definition) is 0. The number of carbonyl (C=O) groups excluding carboxylic acids is 2. The summed E-state index contributed by atoms with van der Waals surface area (Å²) in [6.45, 7) is 0.000231. The van der Waals surface area contributed by atoms with Gasteiger partial charge >= 0.3 is 5.97 Å². The first kappa shape index (κ1) is 20.3. The van der Waals surface area contributed by atoms with Gasteiger partial charge in [-0.1, -0.05) is 36.4 Å². The van der Waals surface area contributed by atoms with E-state index < -0.39 is 11.8 Å². The van der Waals surface area contributed by atoms with Gasteiger partial charge in [0.15, 0.2) is 6.61 Å². The third kappa shape index (κ3) is 5.31. The predicted molar refractivity (Wildman–Crippen MR) is 108 cm³/mol. The zero-order valence-corrected chi connectivity index (χ0v) is 16.4. The molecule has 1 amide bonds. The fourth-order valence-corrected chi connectivity index (χ4v) is 2.96. The average Bonchev–Trinajstić information content (AvgIpc) is 2.73. The Balaban J connectivity index is 1.54. The van der Waals surface area contributed by atoms with Crippen LogP contribution < -0.4 is 4.74 Å². The number of ether oxygens (including phenoxy) is 2. The first-order valence-corrected chi connectivity index (χ1v) is 9.16. The first-order chi connectivity index (χ1) is 14.0. The summed E-state index contributed by atoms with van der Waals surface area (Å²) in [5.74, 6) is -0.658. The van der Waals surface area contributed by atoms with Gasteiger partial charge in [-0.05, 0) is 46.2 Å². The van der Waals surface area contributed by atoms with Gasteiger partial charge in [0.2, 0.25) is 0 Å². The van der Waals surface area contributed by atoms with E-state index in [9.17, 15) is 14.0 Å². The standard InChI is InChI=1S/C23H22FNO4/c1-25(14-16-7-8-18-12-20(28-2)10-9-17(18)11-16)22(26)15-29-23(27)13-19-5-3-4-6-21(19)24/h3-12H,13-15H2,1-2H3. The smallest absolute Gasteiger partial charge is 0.310 e. The highest BCUT2D eigenvalue weighted by molar-refractivity contribution is 5.85. The van der Waals surface area contributed by atoms with Gasteiger partial charge in [-0.25, -0.2) is 4.39 Å². The molecule has 0 aromatic heterocycles. The van der Waals surface area contributed by atoms with Crippen molar-refractivity contribution >= 4 is 22.6 Å². The molecular formula is C23H22FNO4. The Morgan fingerprint density at radius 1 is 1.00 bits per heavy atom. The summed E-state index contributed by atoms with van der Waals surface area (Å²) in [4.78, 5) is 25.6. The lowest BCUT2D eigenvalue weighted by molar-refractivity contribution is -0.151. The summed E-state index contributed by atoms with van der Waals surface area (Å²) in [7, 11) is 3.27. The highest BCUT2D eigenvalue weighted by atomic mass is 19.1. The molecule has 150 valence electrons. The van der Waals surface area contributed by atoms with Gasteiger partial charge in [-0.3, -0.25) is 9.59 Å². The van der Waals surface area contributed by atoms with Crippen LogP contribution in [0.2, 0.25) is 0 Å². The largest absolute Gasteiger partial charge is 0.497 e. The van der Waals surface area contributed by atoms with Crippen molar-refractivity contribution in [2.24, 2.45) is 0 Å². The van der Waals surface area contributed by atoms with E-state index in [1.807, 2.05) is 36.4 Å². The minimum Gasteiger partial charge on any atom is -0.497 e. The molecule has 6 heteroatoms. The number of methoxy groups -OCH3 is 1. The normalized spacial score (nSPS) is 10.6. The fourth-order valence-electron chi connectivity index (χ4n) is 2.96. The van der Waals surface area contributed by atoms with E-state index in [1.165, 1.54) is 17.0 Å². The minimum atomic E-state index is -0.642. The van der Waals surface area contributed by atoms with Crippen LogP contribution in [0.4, 0.5) is 4.39 Å². The lowest BCUT2D eigenvalue weighted by Crippen LogP contribution is -2.31. The molecule has 0 fully saturated rings. The van der Waals surface area contributed by atoms with Gasteiger partial charge in [0, 0.05) is 13.6 Å². The fraction of sp³-hybridized carbons (Fsp3) is 0.217. The second-order valence-electron chi connectivity index (χ2n) is 6.73. The third-order valence-electron chi connectivity index (χ3n) is 4.61. The Labute approximate surface area is 168 Å². The van der Waals surface area contributed by atoms with E-state index in [1.54, 1.807) is 26.3 Å². The maximum Gasteiger partial charge on any atom is 0.310 e.